The first-order valence-electron chi connectivity index (χ1n) is 11.4. The summed E-state index contributed by atoms with van der Waals surface area (Å²) in [5.74, 6) is 0.954. The Labute approximate surface area is 197 Å². The fourth-order valence-electron chi connectivity index (χ4n) is 4.21. The molecule has 34 heavy (non-hydrogen) atoms. The number of benzene rings is 2. The van der Waals surface area contributed by atoms with Crippen molar-refractivity contribution in [1.29, 1.82) is 0 Å². The van der Waals surface area contributed by atoms with Crippen LogP contribution in [0.1, 0.15) is 40.8 Å². The summed E-state index contributed by atoms with van der Waals surface area (Å²) in [5.41, 5.74) is 3.34. The van der Waals surface area contributed by atoms with Gasteiger partial charge in [-0.05, 0) is 91.6 Å². The molecular weight excluding hydrogens is 441 g/mol. The zero-order valence-electron chi connectivity index (χ0n) is 19.0. The van der Waals surface area contributed by atoms with E-state index in [1.807, 2.05) is 24.4 Å². The third kappa shape index (κ3) is 6.37. The number of halogens is 3. The molecule has 2 aromatic carbocycles. The molecule has 3 aromatic rings. The molecule has 0 bridgehead atoms. The number of aromatic nitrogens is 1. The second-order valence-corrected chi connectivity index (χ2v) is 8.84. The lowest BCUT2D eigenvalue weighted by Gasteiger charge is -2.31. The van der Waals surface area contributed by atoms with Crippen LogP contribution in [0.3, 0.4) is 0 Å². The van der Waals surface area contributed by atoms with Crippen LogP contribution < -0.4 is 4.74 Å². The first-order valence-corrected chi connectivity index (χ1v) is 11.4. The summed E-state index contributed by atoms with van der Waals surface area (Å²) in [6, 6.07) is 16.3. The summed E-state index contributed by atoms with van der Waals surface area (Å²) in [7, 11) is 0. The highest BCUT2D eigenvalue weighted by atomic mass is 19.4. The van der Waals surface area contributed by atoms with Crippen molar-refractivity contribution in [2.75, 3.05) is 13.1 Å². The van der Waals surface area contributed by atoms with Gasteiger partial charge in [0.05, 0.1) is 5.56 Å². The molecule has 0 spiro atoms. The molecule has 7 heteroatoms. The number of nitrogens with zero attached hydrogens (tertiary/aromatic N) is 2. The van der Waals surface area contributed by atoms with Gasteiger partial charge in [0.15, 0.2) is 0 Å². The van der Waals surface area contributed by atoms with Gasteiger partial charge in [0, 0.05) is 25.0 Å². The fourth-order valence-corrected chi connectivity index (χ4v) is 4.21. The van der Waals surface area contributed by atoms with Crippen LogP contribution in [0.25, 0.3) is 0 Å². The molecule has 2 heterocycles. The maximum atomic E-state index is 12.7. The van der Waals surface area contributed by atoms with Gasteiger partial charge < -0.3 is 9.64 Å². The highest BCUT2D eigenvalue weighted by Crippen LogP contribution is 2.29. The Hall–Kier alpha value is -3.35. The molecule has 0 atom stereocenters. The number of piperidine rings is 1. The zero-order chi connectivity index (χ0) is 24.1. The molecule has 1 amide bonds. The Balaban J connectivity index is 1.25. The van der Waals surface area contributed by atoms with Crippen molar-refractivity contribution in [3.8, 4) is 5.75 Å². The smallest absolute Gasteiger partial charge is 0.410 e. The van der Waals surface area contributed by atoms with Crippen molar-refractivity contribution in [3.63, 3.8) is 0 Å². The van der Waals surface area contributed by atoms with Gasteiger partial charge in [0.1, 0.15) is 5.75 Å². The molecule has 1 fully saturated rings. The normalized spacial score (nSPS) is 14.8. The van der Waals surface area contributed by atoms with Gasteiger partial charge in [-0.3, -0.25) is 4.98 Å². The third-order valence-electron chi connectivity index (χ3n) is 6.16. The van der Waals surface area contributed by atoms with Gasteiger partial charge in [0.25, 0.3) is 0 Å². The summed E-state index contributed by atoms with van der Waals surface area (Å²) < 4.78 is 43.6. The maximum absolute atomic E-state index is 12.7. The summed E-state index contributed by atoms with van der Waals surface area (Å²) in [6.07, 6.45) is 0.389. The molecule has 1 aliphatic heterocycles. The molecule has 0 radical (unpaired) electrons. The molecular formula is C27H27F3N2O2. The minimum absolute atomic E-state index is 0.359. The number of carbonyl (C=O) groups excluding carboxylic acids is 1. The van der Waals surface area contributed by atoms with Crippen molar-refractivity contribution in [2.45, 2.75) is 38.8 Å². The average molecular weight is 469 g/mol. The van der Waals surface area contributed by atoms with Gasteiger partial charge >= 0.3 is 12.3 Å². The number of amides is 1. The highest BCUT2D eigenvalue weighted by molar-refractivity contribution is 5.70. The lowest BCUT2D eigenvalue weighted by Crippen LogP contribution is -2.40. The number of ether oxygens (including phenoxy) is 1. The van der Waals surface area contributed by atoms with Crippen LogP contribution in [0.5, 0.6) is 5.75 Å². The van der Waals surface area contributed by atoms with E-state index in [0.29, 0.717) is 31.2 Å². The Kier molecular flexibility index (Phi) is 7.20. The number of pyridine rings is 1. The number of likely N-dealkylation sites (tertiary alicyclic amines) is 1. The van der Waals surface area contributed by atoms with E-state index < -0.39 is 11.7 Å². The van der Waals surface area contributed by atoms with Gasteiger partial charge in [-0.2, -0.15) is 13.2 Å². The molecule has 4 nitrogen and oxygen atoms in total. The van der Waals surface area contributed by atoms with Crippen molar-refractivity contribution >= 4 is 6.09 Å². The van der Waals surface area contributed by atoms with E-state index in [0.717, 1.165) is 48.2 Å². The lowest BCUT2D eigenvalue weighted by molar-refractivity contribution is -0.137. The maximum Gasteiger partial charge on any atom is 0.416 e. The summed E-state index contributed by atoms with van der Waals surface area (Å²) in [5, 5.41) is 0. The summed E-state index contributed by atoms with van der Waals surface area (Å²) >= 11 is 0. The lowest BCUT2D eigenvalue weighted by atomic mass is 9.92. The standard InChI is InChI=1S/C27H27F3N2O2/c1-19-10-13-31-24(16-19)18-22-11-14-32(15-12-22)26(33)34-25-8-4-21(5-9-25)17-20-2-6-23(7-3-20)27(28,29)30/h2-10,13,16,22H,11-12,14-15,17-18H2,1H3. The van der Waals surface area contributed by atoms with E-state index in [4.69, 9.17) is 4.74 Å². The largest absolute Gasteiger partial charge is 0.416 e. The Morgan fingerprint density at radius 2 is 1.62 bits per heavy atom. The number of rotatable bonds is 5. The predicted octanol–water partition coefficient (Wildman–Crippen LogP) is 6.45. The van der Waals surface area contributed by atoms with Crippen LogP contribution in [0, 0.1) is 12.8 Å². The fraction of sp³-hybridized carbons (Fsp3) is 0.333. The molecule has 0 unspecified atom stereocenters. The molecule has 1 aromatic heterocycles. The Morgan fingerprint density at radius 3 is 2.21 bits per heavy atom. The van der Waals surface area contributed by atoms with Crippen LogP contribution in [-0.4, -0.2) is 29.1 Å². The van der Waals surface area contributed by atoms with Gasteiger partial charge in [0.2, 0.25) is 0 Å². The zero-order valence-corrected chi connectivity index (χ0v) is 19.0. The van der Waals surface area contributed by atoms with Gasteiger partial charge in [-0.15, -0.1) is 0 Å². The van der Waals surface area contributed by atoms with Crippen molar-refractivity contribution in [1.82, 2.24) is 9.88 Å². The number of hydrogen-bond donors (Lipinski definition) is 0. The van der Waals surface area contributed by atoms with E-state index in [1.165, 1.54) is 17.7 Å². The van der Waals surface area contributed by atoms with Crippen LogP contribution in [0.2, 0.25) is 0 Å². The van der Waals surface area contributed by atoms with E-state index in [-0.39, 0.29) is 6.09 Å². The first-order chi connectivity index (χ1) is 16.3. The van der Waals surface area contributed by atoms with Crippen LogP contribution >= 0.6 is 0 Å². The number of carbonyl (C=O) groups is 1. The number of hydrogen-bond acceptors (Lipinski definition) is 3. The minimum atomic E-state index is -4.34. The van der Waals surface area contributed by atoms with Crippen molar-refractivity contribution in [2.24, 2.45) is 5.92 Å². The predicted molar refractivity (Wildman–Crippen MR) is 124 cm³/mol. The van der Waals surface area contributed by atoms with E-state index in [9.17, 15) is 18.0 Å². The second kappa shape index (κ2) is 10.3. The monoisotopic (exact) mass is 468 g/mol. The molecule has 1 saturated heterocycles. The van der Waals surface area contributed by atoms with Crippen LogP contribution in [0.15, 0.2) is 66.9 Å². The number of aryl methyl sites for hydroxylation is 1. The second-order valence-electron chi connectivity index (χ2n) is 8.84. The Morgan fingerprint density at radius 1 is 1.00 bits per heavy atom. The third-order valence-corrected chi connectivity index (χ3v) is 6.16. The molecule has 178 valence electrons. The first kappa shape index (κ1) is 23.8. The highest BCUT2D eigenvalue weighted by Gasteiger charge is 2.30. The van der Waals surface area contributed by atoms with E-state index in [2.05, 4.69) is 18.0 Å². The quantitative estimate of drug-likeness (QED) is 0.432. The van der Waals surface area contributed by atoms with Crippen molar-refractivity contribution < 1.29 is 22.7 Å². The molecule has 0 N–H and O–H groups in total. The molecule has 4 rings (SSSR count). The molecule has 1 aliphatic rings. The molecule has 0 saturated carbocycles. The Bertz CT molecular complexity index is 1100. The topological polar surface area (TPSA) is 42.4 Å². The minimum Gasteiger partial charge on any atom is -0.410 e. The van der Waals surface area contributed by atoms with Crippen molar-refractivity contribution in [3.05, 3.63) is 94.8 Å². The summed E-state index contributed by atoms with van der Waals surface area (Å²) in [6.45, 7) is 3.37. The van der Waals surface area contributed by atoms with E-state index in [1.54, 1.807) is 17.0 Å². The van der Waals surface area contributed by atoms with E-state index >= 15 is 0 Å². The SMILES string of the molecule is Cc1ccnc(CC2CCN(C(=O)Oc3ccc(Cc4ccc(C(F)(F)F)cc4)cc3)CC2)c1. The average Bonchev–Trinajstić information content (AvgIpc) is 2.81. The van der Waals surface area contributed by atoms with Gasteiger partial charge in [-0.25, -0.2) is 4.79 Å². The molecule has 0 aliphatic carbocycles. The van der Waals surface area contributed by atoms with Crippen LogP contribution in [-0.2, 0) is 19.0 Å². The van der Waals surface area contributed by atoms with Crippen LogP contribution in [0.4, 0.5) is 18.0 Å². The number of alkyl halides is 3. The summed E-state index contributed by atoms with van der Waals surface area (Å²) in [4.78, 5) is 18.7. The van der Waals surface area contributed by atoms with Gasteiger partial charge in [-0.1, -0.05) is 24.3 Å².